The van der Waals surface area contributed by atoms with Gasteiger partial charge >= 0.3 is 5.97 Å². The Balaban J connectivity index is 1.31. The van der Waals surface area contributed by atoms with Crippen LogP contribution in [0.3, 0.4) is 0 Å². The lowest BCUT2D eigenvalue weighted by Crippen LogP contribution is -2.25. The average molecular weight is 480 g/mol. The topological polar surface area (TPSA) is 88.1 Å². The number of nitrogens with zero attached hydrogens (tertiary/aromatic N) is 2. The van der Waals surface area contributed by atoms with Gasteiger partial charge in [-0.1, -0.05) is 54.3 Å². The normalized spacial score (nSPS) is 12.2. The van der Waals surface area contributed by atoms with Crippen LogP contribution in [-0.4, -0.2) is 42.2 Å². The van der Waals surface area contributed by atoms with Crippen LogP contribution in [0.4, 0.5) is 5.69 Å². The van der Waals surface area contributed by atoms with Gasteiger partial charge in [0, 0.05) is 36.1 Å². The maximum atomic E-state index is 12.5. The minimum atomic E-state index is -0.421. The molecule has 0 spiro atoms. The van der Waals surface area contributed by atoms with E-state index >= 15 is 0 Å². The number of carbonyl (C=O) groups is 3. The molecule has 7 heteroatoms. The number of methoxy groups -OCH3 is 1. The van der Waals surface area contributed by atoms with Crippen LogP contribution >= 0.6 is 0 Å². The van der Waals surface area contributed by atoms with Crippen molar-refractivity contribution in [3.05, 3.63) is 101 Å². The zero-order valence-corrected chi connectivity index (χ0v) is 19.9. The van der Waals surface area contributed by atoms with Crippen molar-refractivity contribution in [3.63, 3.8) is 0 Å². The summed E-state index contributed by atoms with van der Waals surface area (Å²) in [6.45, 7) is 0.522. The molecule has 0 saturated heterocycles. The van der Waals surface area contributed by atoms with Gasteiger partial charge in [-0.15, -0.1) is 0 Å². The molecule has 1 aliphatic rings. The van der Waals surface area contributed by atoms with E-state index < -0.39 is 5.97 Å². The van der Waals surface area contributed by atoms with Crippen LogP contribution in [0.1, 0.15) is 46.3 Å². The molecule has 36 heavy (non-hydrogen) atoms. The Morgan fingerprint density at radius 1 is 0.917 bits per heavy atom. The molecule has 1 heterocycles. The van der Waals surface area contributed by atoms with E-state index in [1.807, 2.05) is 36.4 Å². The summed E-state index contributed by atoms with van der Waals surface area (Å²) >= 11 is 0. The summed E-state index contributed by atoms with van der Waals surface area (Å²) in [5, 5.41) is 8.69. The molecule has 0 atom stereocenters. The van der Waals surface area contributed by atoms with Gasteiger partial charge in [0.2, 0.25) is 11.8 Å². The number of ether oxygens (including phenoxy) is 1. The van der Waals surface area contributed by atoms with Crippen LogP contribution in [-0.2, 0) is 14.3 Å². The van der Waals surface area contributed by atoms with Gasteiger partial charge in [0.15, 0.2) is 0 Å². The second-order valence-corrected chi connectivity index (χ2v) is 8.13. The number of hydrogen-bond acceptors (Lipinski definition) is 5. The zero-order valence-electron chi connectivity index (χ0n) is 19.9. The summed E-state index contributed by atoms with van der Waals surface area (Å²) in [4.78, 5) is 36.7. The van der Waals surface area contributed by atoms with Crippen molar-refractivity contribution < 1.29 is 19.1 Å². The number of hydrogen-bond donors (Lipinski definition) is 1. The van der Waals surface area contributed by atoms with E-state index in [9.17, 15) is 14.4 Å². The molecule has 3 aromatic rings. The van der Waals surface area contributed by atoms with Crippen molar-refractivity contribution in [2.75, 3.05) is 19.0 Å². The standard InChI is InChI=1S/C29H25N3O4/c1-36-29(35)24-11-5-7-21(19-24)13-14-22-8-6-12-25(20-22)30-27(33)15-16-28(34)32-18-17-26(31-32)23-9-3-2-4-10-23/h2-12,19-20H,15-18H2,1H3,(H,30,33). The van der Waals surface area contributed by atoms with E-state index in [-0.39, 0.29) is 24.7 Å². The first-order valence-corrected chi connectivity index (χ1v) is 11.6. The van der Waals surface area contributed by atoms with Gasteiger partial charge in [0.25, 0.3) is 0 Å². The van der Waals surface area contributed by atoms with E-state index in [1.165, 1.54) is 12.1 Å². The number of anilines is 1. The first kappa shape index (κ1) is 24.4. The summed E-state index contributed by atoms with van der Waals surface area (Å²) in [5.74, 6) is 5.19. The molecule has 0 aromatic heterocycles. The number of carbonyl (C=O) groups excluding carboxylic acids is 3. The molecule has 0 saturated carbocycles. The molecule has 180 valence electrons. The summed E-state index contributed by atoms with van der Waals surface area (Å²) in [7, 11) is 1.33. The Kier molecular flexibility index (Phi) is 7.89. The van der Waals surface area contributed by atoms with Crippen molar-refractivity contribution in [1.82, 2.24) is 5.01 Å². The third kappa shape index (κ3) is 6.45. The fraction of sp³-hybridized carbons (Fsp3) is 0.172. The number of hydrazone groups is 1. The van der Waals surface area contributed by atoms with Crippen LogP contribution in [0.15, 0.2) is 84.0 Å². The predicted octanol–water partition coefficient (Wildman–Crippen LogP) is 4.23. The summed E-state index contributed by atoms with van der Waals surface area (Å²) < 4.78 is 4.74. The Morgan fingerprint density at radius 3 is 2.39 bits per heavy atom. The predicted molar refractivity (Wildman–Crippen MR) is 137 cm³/mol. The van der Waals surface area contributed by atoms with E-state index in [1.54, 1.807) is 42.5 Å². The third-order valence-electron chi connectivity index (χ3n) is 5.54. The van der Waals surface area contributed by atoms with Gasteiger partial charge < -0.3 is 10.1 Å². The average Bonchev–Trinajstić information content (AvgIpc) is 3.42. The fourth-order valence-electron chi connectivity index (χ4n) is 3.70. The third-order valence-corrected chi connectivity index (χ3v) is 5.54. The highest BCUT2D eigenvalue weighted by atomic mass is 16.5. The van der Waals surface area contributed by atoms with Crippen molar-refractivity contribution in [3.8, 4) is 11.8 Å². The molecule has 0 aliphatic carbocycles. The second kappa shape index (κ2) is 11.6. The van der Waals surface area contributed by atoms with Crippen LogP contribution in [0, 0.1) is 11.8 Å². The number of nitrogens with one attached hydrogen (secondary N) is 1. The number of benzene rings is 3. The highest BCUT2D eigenvalue weighted by Crippen LogP contribution is 2.16. The molecule has 0 bridgehead atoms. The second-order valence-electron chi connectivity index (χ2n) is 8.13. The van der Waals surface area contributed by atoms with E-state index in [4.69, 9.17) is 4.74 Å². The maximum Gasteiger partial charge on any atom is 0.337 e. The number of esters is 1. The van der Waals surface area contributed by atoms with Crippen molar-refractivity contribution in [1.29, 1.82) is 0 Å². The highest BCUT2D eigenvalue weighted by molar-refractivity contribution is 6.02. The molecule has 3 aromatic carbocycles. The monoisotopic (exact) mass is 479 g/mol. The van der Waals surface area contributed by atoms with Gasteiger partial charge in [-0.2, -0.15) is 5.10 Å². The van der Waals surface area contributed by atoms with Crippen LogP contribution in [0.2, 0.25) is 0 Å². The molecule has 1 N–H and O–H groups in total. The Morgan fingerprint density at radius 2 is 1.64 bits per heavy atom. The fourth-order valence-corrected chi connectivity index (χ4v) is 3.70. The van der Waals surface area contributed by atoms with Gasteiger partial charge in [-0.05, 0) is 42.0 Å². The SMILES string of the molecule is COC(=O)c1cccc(C#Cc2cccc(NC(=O)CCC(=O)N3CCC(c4ccccc4)=N3)c2)c1. The van der Waals surface area contributed by atoms with E-state index in [0.717, 1.165) is 11.3 Å². The molecule has 4 rings (SSSR count). The smallest absolute Gasteiger partial charge is 0.337 e. The Bertz CT molecular complexity index is 1370. The quantitative estimate of drug-likeness (QED) is 0.423. The first-order chi connectivity index (χ1) is 17.5. The highest BCUT2D eigenvalue weighted by Gasteiger charge is 2.21. The van der Waals surface area contributed by atoms with Crippen LogP contribution in [0.5, 0.6) is 0 Å². The summed E-state index contributed by atoms with van der Waals surface area (Å²) in [6, 6.07) is 23.8. The van der Waals surface area contributed by atoms with Crippen molar-refractivity contribution >= 4 is 29.2 Å². The molecular formula is C29H25N3O4. The van der Waals surface area contributed by atoms with Gasteiger partial charge in [-0.3, -0.25) is 9.59 Å². The Labute approximate surface area is 209 Å². The first-order valence-electron chi connectivity index (χ1n) is 11.6. The molecule has 2 amide bonds. The molecular weight excluding hydrogens is 454 g/mol. The van der Waals surface area contributed by atoms with E-state index in [2.05, 4.69) is 22.3 Å². The maximum absolute atomic E-state index is 12.5. The molecule has 1 aliphatic heterocycles. The number of amides is 2. The molecule has 0 radical (unpaired) electrons. The van der Waals surface area contributed by atoms with Crippen LogP contribution in [0.25, 0.3) is 0 Å². The minimum absolute atomic E-state index is 0.0573. The largest absolute Gasteiger partial charge is 0.465 e. The van der Waals surface area contributed by atoms with E-state index in [0.29, 0.717) is 35.3 Å². The zero-order chi connectivity index (χ0) is 25.3. The lowest BCUT2D eigenvalue weighted by molar-refractivity contribution is -0.132. The molecule has 0 unspecified atom stereocenters. The summed E-state index contributed by atoms with van der Waals surface area (Å²) in [6.07, 6.45) is 0.831. The number of rotatable bonds is 6. The van der Waals surface area contributed by atoms with Gasteiger partial charge in [0.05, 0.1) is 24.9 Å². The van der Waals surface area contributed by atoms with Crippen molar-refractivity contribution in [2.45, 2.75) is 19.3 Å². The lowest BCUT2D eigenvalue weighted by Gasteiger charge is -2.11. The van der Waals surface area contributed by atoms with Crippen molar-refractivity contribution in [2.24, 2.45) is 5.10 Å². The molecule has 0 fully saturated rings. The lowest BCUT2D eigenvalue weighted by atomic mass is 10.1. The molecule has 7 nitrogen and oxygen atoms in total. The van der Waals surface area contributed by atoms with Gasteiger partial charge in [0.1, 0.15) is 0 Å². The van der Waals surface area contributed by atoms with Crippen LogP contribution < -0.4 is 5.32 Å². The minimum Gasteiger partial charge on any atom is -0.465 e. The summed E-state index contributed by atoms with van der Waals surface area (Å²) in [5.41, 5.74) is 4.27. The Hall–Kier alpha value is -4.70. The van der Waals surface area contributed by atoms with Gasteiger partial charge in [-0.25, -0.2) is 9.80 Å².